The van der Waals surface area contributed by atoms with Gasteiger partial charge in [0, 0.05) is 30.4 Å². The number of amides is 3. The average molecular weight is 483 g/mol. The number of hydrogen-bond acceptors (Lipinski definition) is 3. The molecule has 1 unspecified atom stereocenters. The molecule has 1 aliphatic heterocycles. The maximum Gasteiger partial charge on any atom is 0.416 e. The van der Waals surface area contributed by atoms with Crippen LogP contribution in [0.2, 0.25) is 0 Å². The average Bonchev–Trinajstić information content (AvgIpc) is 3.12. The van der Waals surface area contributed by atoms with Gasteiger partial charge in [-0.15, -0.1) is 0 Å². The van der Waals surface area contributed by atoms with E-state index in [4.69, 9.17) is 0 Å². The van der Waals surface area contributed by atoms with E-state index in [1.165, 1.54) is 12.1 Å². The van der Waals surface area contributed by atoms with Gasteiger partial charge in [-0.25, -0.2) is 4.79 Å². The summed E-state index contributed by atoms with van der Waals surface area (Å²) in [4.78, 5) is 30.0. The highest BCUT2D eigenvalue weighted by Gasteiger charge is 2.42. The molecule has 0 radical (unpaired) electrons. The monoisotopic (exact) mass is 482 g/mol. The smallest absolute Gasteiger partial charge is 0.338 e. The number of nitrogens with one attached hydrogen (secondary N) is 2. The van der Waals surface area contributed by atoms with E-state index >= 15 is 0 Å². The summed E-state index contributed by atoms with van der Waals surface area (Å²) in [6.45, 7) is 7.15. The molecule has 0 bridgehead atoms. The van der Waals surface area contributed by atoms with Crippen LogP contribution < -0.4 is 10.6 Å². The molecule has 1 saturated carbocycles. The van der Waals surface area contributed by atoms with E-state index < -0.39 is 23.8 Å². The number of alkyl halides is 3. The van der Waals surface area contributed by atoms with Crippen molar-refractivity contribution in [2.45, 2.75) is 89.6 Å². The number of carbonyl (C=O) groups excluding carboxylic acids is 2. The van der Waals surface area contributed by atoms with Crippen molar-refractivity contribution in [2.75, 3.05) is 18.9 Å². The molecule has 0 aromatic heterocycles. The topological polar surface area (TPSA) is 64.7 Å². The summed E-state index contributed by atoms with van der Waals surface area (Å²) in [5.74, 6) is 0.326. The fourth-order valence-corrected chi connectivity index (χ4v) is 5.37. The Morgan fingerprint density at radius 1 is 1.24 bits per heavy atom. The van der Waals surface area contributed by atoms with Crippen LogP contribution in [0.15, 0.2) is 24.3 Å². The van der Waals surface area contributed by atoms with Crippen molar-refractivity contribution in [2.24, 2.45) is 5.92 Å². The molecule has 6 nitrogen and oxygen atoms in total. The minimum Gasteiger partial charge on any atom is -0.338 e. The molecular weight excluding hydrogens is 445 g/mol. The molecular formula is C25H37F3N4O2. The summed E-state index contributed by atoms with van der Waals surface area (Å²) >= 11 is 0. The van der Waals surface area contributed by atoms with Crippen LogP contribution in [0.3, 0.4) is 0 Å². The lowest BCUT2D eigenvalue weighted by atomic mass is 9.77. The molecule has 4 atom stereocenters. The van der Waals surface area contributed by atoms with Crippen LogP contribution in [-0.2, 0) is 11.0 Å². The molecule has 2 N–H and O–H groups in total. The van der Waals surface area contributed by atoms with Crippen molar-refractivity contribution in [3.8, 4) is 0 Å². The van der Waals surface area contributed by atoms with Gasteiger partial charge in [-0.3, -0.25) is 4.79 Å². The Labute approximate surface area is 200 Å². The van der Waals surface area contributed by atoms with Crippen LogP contribution >= 0.6 is 0 Å². The highest BCUT2D eigenvalue weighted by molar-refractivity contribution is 5.94. The Bertz CT molecular complexity index is 861. The molecule has 190 valence electrons. The van der Waals surface area contributed by atoms with Gasteiger partial charge in [0.15, 0.2) is 0 Å². The first-order valence-corrected chi connectivity index (χ1v) is 12.3. The van der Waals surface area contributed by atoms with E-state index in [-0.39, 0.29) is 17.6 Å². The van der Waals surface area contributed by atoms with Gasteiger partial charge in [-0.2, -0.15) is 13.2 Å². The molecule has 1 aromatic carbocycles. The zero-order valence-corrected chi connectivity index (χ0v) is 20.5. The molecule has 3 rings (SSSR count). The predicted molar refractivity (Wildman–Crippen MR) is 126 cm³/mol. The summed E-state index contributed by atoms with van der Waals surface area (Å²) < 4.78 is 38.8. The summed E-state index contributed by atoms with van der Waals surface area (Å²) in [7, 11) is 2.17. The van der Waals surface area contributed by atoms with Gasteiger partial charge in [0.1, 0.15) is 6.04 Å². The van der Waals surface area contributed by atoms with Gasteiger partial charge in [0.2, 0.25) is 5.91 Å². The summed E-state index contributed by atoms with van der Waals surface area (Å²) in [5.41, 5.74) is -0.806. The van der Waals surface area contributed by atoms with Gasteiger partial charge in [0.25, 0.3) is 0 Å². The number of benzene rings is 1. The van der Waals surface area contributed by atoms with E-state index in [1.807, 2.05) is 4.90 Å². The Morgan fingerprint density at radius 3 is 2.62 bits per heavy atom. The number of halogens is 3. The number of hydrogen-bond donors (Lipinski definition) is 2. The molecule has 1 aliphatic carbocycles. The van der Waals surface area contributed by atoms with E-state index in [1.54, 1.807) is 0 Å². The van der Waals surface area contributed by atoms with Crippen molar-refractivity contribution in [3.05, 3.63) is 29.8 Å². The molecule has 3 amide bonds. The lowest BCUT2D eigenvalue weighted by Crippen LogP contribution is -2.52. The number of nitrogens with zero attached hydrogens (tertiary/aromatic N) is 2. The van der Waals surface area contributed by atoms with Gasteiger partial charge >= 0.3 is 12.2 Å². The van der Waals surface area contributed by atoms with Crippen LogP contribution in [0.25, 0.3) is 0 Å². The third-order valence-electron chi connectivity index (χ3n) is 7.36. The second-order valence-electron chi connectivity index (χ2n) is 9.89. The van der Waals surface area contributed by atoms with Gasteiger partial charge in [-0.1, -0.05) is 19.4 Å². The molecule has 9 heteroatoms. The molecule has 34 heavy (non-hydrogen) atoms. The van der Waals surface area contributed by atoms with E-state index in [2.05, 4.69) is 43.4 Å². The quantitative estimate of drug-likeness (QED) is 0.568. The van der Waals surface area contributed by atoms with Crippen LogP contribution in [-0.4, -0.2) is 59.5 Å². The Hall–Kier alpha value is -2.29. The van der Waals surface area contributed by atoms with Gasteiger partial charge in [-0.05, 0) is 77.1 Å². The highest BCUT2D eigenvalue weighted by atomic mass is 19.4. The Kier molecular flexibility index (Phi) is 8.49. The largest absolute Gasteiger partial charge is 0.416 e. The first-order valence-electron chi connectivity index (χ1n) is 12.3. The maximum atomic E-state index is 13.2. The van der Waals surface area contributed by atoms with E-state index in [0.29, 0.717) is 31.0 Å². The van der Waals surface area contributed by atoms with Crippen LogP contribution in [0.1, 0.15) is 64.9 Å². The molecule has 1 saturated heterocycles. The van der Waals surface area contributed by atoms with Crippen molar-refractivity contribution >= 4 is 17.6 Å². The van der Waals surface area contributed by atoms with E-state index in [9.17, 15) is 22.8 Å². The van der Waals surface area contributed by atoms with Gasteiger partial charge < -0.3 is 20.4 Å². The molecule has 2 fully saturated rings. The second kappa shape index (κ2) is 11.0. The standard InChI is InChI=1S/C25H37F3N4O2/c1-5-7-17-14-20(31(4)16(2)3)10-11-22(17)32-13-12-21(23(32)33)30-24(34)29-19-9-6-8-18(15-19)25(26,27)28/h6,8-9,15-17,20-22H,5,7,10-14H2,1-4H3,(H2,29,30,34)/t17-,20-,21?,22+/m1/s1. The zero-order valence-electron chi connectivity index (χ0n) is 20.5. The zero-order chi connectivity index (χ0) is 25.0. The molecule has 2 aliphatic rings. The number of likely N-dealkylation sites (tertiary alicyclic amines) is 1. The summed E-state index contributed by atoms with van der Waals surface area (Å²) in [5, 5.41) is 5.09. The van der Waals surface area contributed by atoms with Crippen LogP contribution in [0.4, 0.5) is 23.7 Å². The van der Waals surface area contributed by atoms with Crippen molar-refractivity contribution in [3.63, 3.8) is 0 Å². The van der Waals surface area contributed by atoms with Gasteiger partial charge in [0.05, 0.1) is 5.56 Å². The van der Waals surface area contributed by atoms with Crippen LogP contribution in [0.5, 0.6) is 0 Å². The Morgan fingerprint density at radius 2 is 1.97 bits per heavy atom. The second-order valence-corrected chi connectivity index (χ2v) is 9.89. The number of carbonyl (C=O) groups is 2. The first kappa shape index (κ1) is 26.3. The van der Waals surface area contributed by atoms with E-state index in [0.717, 1.165) is 44.2 Å². The fraction of sp³-hybridized carbons (Fsp3) is 0.680. The molecule has 1 heterocycles. The Balaban J connectivity index is 1.60. The highest BCUT2D eigenvalue weighted by Crippen LogP contribution is 2.36. The lowest BCUT2D eigenvalue weighted by Gasteiger charge is -2.44. The van der Waals surface area contributed by atoms with Crippen molar-refractivity contribution in [1.29, 1.82) is 0 Å². The third kappa shape index (κ3) is 6.23. The number of urea groups is 1. The predicted octanol–water partition coefficient (Wildman–Crippen LogP) is 5.11. The van der Waals surface area contributed by atoms with Crippen LogP contribution in [0, 0.1) is 5.92 Å². The summed E-state index contributed by atoms with van der Waals surface area (Å²) in [6, 6.07) is 4.27. The van der Waals surface area contributed by atoms with Crippen molar-refractivity contribution < 1.29 is 22.8 Å². The number of rotatable bonds is 7. The summed E-state index contributed by atoms with van der Waals surface area (Å²) in [6.07, 6.45) is 1.17. The minimum atomic E-state index is -4.49. The minimum absolute atomic E-state index is 0.0326. The third-order valence-corrected chi connectivity index (χ3v) is 7.36. The SMILES string of the molecule is CCC[C@@H]1C[C@H](N(C)C(C)C)CC[C@@H]1N1CCC(NC(=O)Nc2cccc(C(F)(F)F)c2)C1=O. The molecule has 0 spiro atoms. The fourth-order valence-electron chi connectivity index (χ4n) is 5.37. The lowest BCUT2D eigenvalue weighted by molar-refractivity contribution is -0.137. The van der Waals surface area contributed by atoms with Crippen molar-refractivity contribution in [1.82, 2.24) is 15.1 Å². The first-order chi connectivity index (χ1) is 16.0. The number of anilines is 1. The normalized spacial score (nSPS) is 25.8. The molecule has 1 aromatic rings. The maximum absolute atomic E-state index is 13.2.